The van der Waals surface area contributed by atoms with Crippen molar-refractivity contribution in [3.05, 3.63) is 88.3 Å². The first-order valence-electron chi connectivity index (χ1n) is 8.11. The predicted octanol–water partition coefficient (Wildman–Crippen LogP) is 4.27. The Hall–Kier alpha value is -2.86. The monoisotopic (exact) mass is 412 g/mol. The Bertz CT molecular complexity index is 906. The van der Waals surface area contributed by atoms with Crippen molar-refractivity contribution in [2.45, 2.75) is 6.42 Å². The molecular weight excluding hydrogens is 396 g/mol. The van der Waals surface area contributed by atoms with Crippen LogP contribution in [-0.2, 0) is 6.42 Å². The van der Waals surface area contributed by atoms with Crippen molar-refractivity contribution < 1.29 is 14.0 Å². The molecule has 3 aromatic rings. The van der Waals surface area contributed by atoms with Crippen molar-refractivity contribution >= 4 is 33.4 Å². The maximum Gasteiger partial charge on any atom is 0.291 e. The third kappa shape index (κ3) is 4.61. The summed E-state index contributed by atoms with van der Waals surface area (Å²) in [5.74, 6) is -0.492. The van der Waals surface area contributed by atoms with Crippen molar-refractivity contribution in [3.63, 3.8) is 0 Å². The average Bonchev–Trinajstić information content (AvgIpc) is 3.09. The number of carbonyl (C=O) groups excluding carboxylic acids is 2. The first-order chi connectivity index (χ1) is 12.6. The van der Waals surface area contributed by atoms with E-state index >= 15 is 0 Å². The van der Waals surface area contributed by atoms with Gasteiger partial charge in [0.25, 0.3) is 11.8 Å². The summed E-state index contributed by atoms with van der Waals surface area (Å²) in [6, 6.07) is 20.0. The van der Waals surface area contributed by atoms with Crippen LogP contribution in [0.1, 0.15) is 26.5 Å². The molecule has 1 heterocycles. The molecule has 2 amide bonds. The molecule has 0 unspecified atom stereocenters. The Morgan fingerprint density at radius 2 is 1.62 bits per heavy atom. The molecule has 0 fully saturated rings. The van der Waals surface area contributed by atoms with Gasteiger partial charge in [0.15, 0.2) is 10.4 Å². The number of hydrogen-bond donors (Lipinski definition) is 2. The zero-order valence-corrected chi connectivity index (χ0v) is 15.5. The Morgan fingerprint density at radius 1 is 0.885 bits per heavy atom. The number of amides is 2. The zero-order chi connectivity index (χ0) is 18.4. The Balaban J connectivity index is 1.64. The molecule has 3 rings (SSSR count). The van der Waals surface area contributed by atoms with Crippen LogP contribution in [0.3, 0.4) is 0 Å². The van der Waals surface area contributed by atoms with Crippen molar-refractivity contribution in [1.29, 1.82) is 0 Å². The Labute approximate surface area is 159 Å². The van der Waals surface area contributed by atoms with Gasteiger partial charge in [-0.3, -0.25) is 9.59 Å². The van der Waals surface area contributed by atoms with Gasteiger partial charge in [0, 0.05) is 6.54 Å². The van der Waals surface area contributed by atoms with Crippen molar-refractivity contribution in [2.24, 2.45) is 0 Å². The molecule has 0 atom stereocenters. The van der Waals surface area contributed by atoms with Gasteiger partial charge in [0.2, 0.25) is 0 Å². The number of nitrogens with one attached hydrogen (secondary N) is 2. The normalized spacial score (nSPS) is 10.3. The minimum absolute atomic E-state index is 0.163. The van der Waals surface area contributed by atoms with Gasteiger partial charge in [-0.05, 0) is 52.2 Å². The first kappa shape index (κ1) is 17.9. The second-order valence-electron chi connectivity index (χ2n) is 5.59. The molecule has 5 nitrogen and oxygen atoms in total. The summed E-state index contributed by atoms with van der Waals surface area (Å²) in [5.41, 5.74) is 1.99. The zero-order valence-electron chi connectivity index (χ0n) is 13.9. The van der Waals surface area contributed by atoms with Gasteiger partial charge in [0.1, 0.15) is 0 Å². The van der Waals surface area contributed by atoms with Gasteiger partial charge in [-0.2, -0.15) is 0 Å². The van der Waals surface area contributed by atoms with Gasteiger partial charge in [-0.25, -0.2) is 0 Å². The molecule has 0 spiro atoms. The fraction of sp³-hybridized carbons (Fsp3) is 0.100. The van der Waals surface area contributed by atoms with E-state index in [9.17, 15) is 9.59 Å². The number of hydrogen-bond acceptors (Lipinski definition) is 3. The van der Waals surface area contributed by atoms with Crippen molar-refractivity contribution in [2.75, 3.05) is 11.9 Å². The lowest BCUT2D eigenvalue weighted by molar-refractivity contribution is 0.0955. The van der Waals surface area contributed by atoms with Crippen LogP contribution in [0.4, 0.5) is 5.69 Å². The van der Waals surface area contributed by atoms with Crippen LogP contribution >= 0.6 is 15.9 Å². The molecule has 0 saturated carbocycles. The van der Waals surface area contributed by atoms with Crippen LogP contribution in [0, 0.1) is 0 Å². The van der Waals surface area contributed by atoms with Gasteiger partial charge in [0.05, 0.1) is 11.3 Å². The fourth-order valence-electron chi connectivity index (χ4n) is 2.47. The minimum Gasteiger partial charge on any atom is -0.444 e. The molecule has 0 saturated heterocycles. The van der Waals surface area contributed by atoms with E-state index in [0.29, 0.717) is 22.5 Å². The quantitative estimate of drug-likeness (QED) is 0.634. The molecule has 0 aliphatic rings. The van der Waals surface area contributed by atoms with Crippen LogP contribution in [-0.4, -0.2) is 18.4 Å². The smallest absolute Gasteiger partial charge is 0.291 e. The Morgan fingerprint density at radius 3 is 2.35 bits per heavy atom. The molecule has 0 bridgehead atoms. The largest absolute Gasteiger partial charge is 0.444 e. The summed E-state index contributed by atoms with van der Waals surface area (Å²) in [4.78, 5) is 24.7. The van der Waals surface area contributed by atoms with Gasteiger partial charge in [-0.15, -0.1) is 0 Å². The molecule has 0 radical (unpaired) electrons. The van der Waals surface area contributed by atoms with Gasteiger partial charge >= 0.3 is 0 Å². The molecular formula is C20H17BrN2O3. The number of halogens is 1. The number of rotatable bonds is 6. The number of furan rings is 1. The third-order valence-electron chi connectivity index (χ3n) is 3.76. The number of carbonyl (C=O) groups is 2. The SMILES string of the molecule is O=C(Nc1ccccc1C(=O)NCCc1ccccc1)c1ccc(Br)o1. The summed E-state index contributed by atoms with van der Waals surface area (Å²) in [6.45, 7) is 0.510. The highest BCUT2D eigenvalue weighted by atomic mass is 79.9. The van der Waals surface area contributed by atoms with Crippen molar-refractivity contribution in [1.82, 2.24) is 5.32 Å². The van der Waals surface area contributed by atoms with E-state index < -0.39 is 5.91 Å². The van der Waals surface area contributed by atoms with Gasteiger partial charge < -0.3 is 15.1 Å². The van der Waals surface area contributed by atoms with E-state index in [1.807, 2.05) is 30.3 Å². The lowest BCUT2D eigenvalue weighted by atomic mass is 10.1. The molecule has 6 heteroatoms. The highest BCUT2D eigenvalue weighted by Crippen LogP contribution is 2.19. The molecule has 0 aliphatic carbocycles. The summed E-state index contributed by atoms with van der Waals surface area (Å²) in [7, 11) is 0. The topological polar surface area (TPSA) is 71.3 Å². The summed E-state index contributed by atoms with van der Waals surface area (Å²) < 4.78 is 5.70. The van der Waals surface area contributed by atoms with E-state index in [1.165, 1.54) is 0 Å². The average molecular weight is 413 g/mol. The third-order valence-corrected chi connectivity index (χ3v) is 4.19. The van der Waals surface area contributed by atoms with Crippen LogP contribution < -0.4 is 10.6 Å². The maximum absolute atomic E-state index is 12.5. The summed E-state index contributed by atoms with van der Waals surface area (Å²) in [6.07, 6.45) is 0.738. The van der Waals surface area contributed by atoms with Crippen LogP contribution in [0.5, 0.6) is 0 Å². The molecule has 132 valence electrons. The predicted molar refractivity (Wildman–Crippen MR) is 103 cm³/mol. The summed E-state index contributed by atoms with van der Waals surface area (Å²) >= 11 is 3.16. The minimum atomic E-state index is -0.416. The van der Waals surface area contributed by atoms with E-state index in [1.54, 1.807) is 36.4 Å². The maximum atomic E-state index is 12.5. The number of benzene rings is 2. The standard InChI is InChI=1S/C20H17BrN2O3/c21-18-11-10-17(26-18)20(25)23-16-9-5-4-8-15(16)19(24)22-13-12-14-6-2-1-3-7-14/h1-11H,12-13H2,(H,22,24)(H,23,25). The molecule has 2 N–H and O–H groups in total. The second-order valence-corrected chi connectivity index (χ2v) is 6.38. The van der Waals surface area contributed by atoms with Crippen LogP contribution in [0.25, 0.3) is 0 Å². The fourth-order valence-corrected chi connectivity index (χ4v) is 2.78. The Kier molecular flexibility index (Phi) is 5.86. The van der Waals surface area contributed by atoms with E-state index in [2.05, 4.69) is 26.6 Å². The first-order valence-corrected chi connectivity index (χ1v) is 8.90. The molecule has 2 aromatic carbocycles. The van der Waals surface area contributed by atoms with E-state index in [0.717, 1.165) is 12.0 Å². The number of anilines is 1. The summed E-state index contributed by atoms with van der Waals surface area (Å²) in [5, 5.41) is 5.60. The number of para-hydroxylation sites is 1. The van der Waals surface area contributed by atoms with Crippen LogP contribution in [0.2, 0.25) is 0 Å². The highest BCUT2D eigenvalue weighted by Gasteiger charge is 2.15. The lowest BCUT2D eigenvalue weighted by Crippen LogP contribution is -2.27. The lowest BCUT2D eigenvalue weighted by Gasteiger charge is -2.11. The van der Waals surface area contributed by atoms with Crippen molar-refractivity contribution in [3.8, 4) is 0 Å². The molecule has 0 aliphatic heterocycles. The molecule has 1 aromatic heterocycles. The van der Waals surface area contributed by atoms with Gasteiger partial charge in [-0.1, -0.05) is 42.5 Å². The van der Waals surface area contributed by atoms with E-state index in [-0.39, 0.29) is 11.7 Å². The second kappa shape index (κ2) is 8.49. The van der Waals surface area contributed by atoms with E-state index in [4.69, 9.17) is 4.42 Å². The van der Waals surface area contributed by atoms with Crippen LogP contribution in [0.15, 0.2) is 75.8 Å². The highest BCUT2D eigenvalue weighted by molar-refractivity contribution is 9.10. The molecule has 26 heavy (non-hydrogen) atoms.